The second-order valence-electron chi connectivity index (χ2n) is 12.4. The first-order valence-electron chi connectivity index (χ1n) is 14.1. The number of likely N-dealkylation sites (tertiary alicyclic amines) is 1. The molecule has 0 aliphatic carbocycles. The molecule has 3 N–H and O–H groups in total. The van der Waals surface area contributed by atoms with Gasteiger partial charge in [-0.25, -0.2) is 9.48 Å². The van der Waals surface area contributed by atoms with Crippen LogP contribution in [0.1, 0.15) is 43.7 Å². The molecule has 14 nitrogen and oxygen atoms in total. The minimum atomic E-state index is -3.57. The van der Waals surface area contributed by atoms with E-state index in [0.717, 1.165) is 0 Å². The minimum Gasteiger partial charge on any atom is -0.496 e. The van der Waals surface area contributed by atoms with E-state index in [4.69, 9.17) is 14.2 Å². The standard InChI is InChI=1S/C30H34N6O8S/c1-28(2,3)44-27(38)34-15-29(4,16-34)36(30(39,40)41)26(37)24-20-13-43-23-12-22(42-6)18(21-7-9-33(5)31-21)11-19(23)25(20)35(32-24)17-8-10-45-14-17/h7-12,14,39-41H,13,15-16H2,1-6H3. The molecule has 0 radical (unpaired) electrons. The number of nitrogens with zero attached hydrogens (tertiary/aromatic N) is 6. The Labute approximate surface area is 262 Å². The van der Waals surface area contributed by atoms with Gasteiger partial charge in [-0.15, -0.1) is 0 Å². The number of benzene rings is 1. The van der Waals surface area contributed by atoms with E-state index in [0.29, 0.717) is 50.2 Å². The third-order valence-corrected chi connectivity index (χ3v) is 8.28. The highest BCUT2D eigenvalue weighted by Gasteiger charge is 2.56. The van der Waals surface area contributed by atoms with Gasteiger partial charge < -0.3 is 34.4 Å². The number of fused-ring (bicyclic) bond motifs is 3. The van der Waals surface area contributed by atoms with Crippen LogP contribution >= 0.6 is 11.3 Å². The first kappa shape index (κ1) is 30.6. The van der Waals surface area contributed by atoms with Gasteiger partial charge in [-0.1, -0.05) is 0 Å². The SMILES string of the molecule is COc1cc2c(cc1-c1ccn(C)n1)-c1c(c(C(=O)N(C(O)(O)O)C3(C)CN(C(=O)OC(C)(C)C)C3)nn1-c1ccsc1)CO2. The van der Waals surface area contributed by atoms with Crippen molar-refractivity contribution in [2.24, 2.45) is 7.05 Å². The first-order valence-corrected chi connectivity index (χ1v) is 15.0. The Bertz CT molecular complexity index is 1780. The van der Waals surface area contributed by atoms with Crippen molar-refractivity contribution in [2.75, 3.05) is 20.2 Å². The van der Waals surface area contributed by atoms with Crippen LogP contribution in [-0.4, -0.2) is 94.1 Å². The fraction of sp³-hybridized carbons (Fsp3) is 0.400. The number of rotatable bonds is 6. The Kier molecular flexibility index (Phi) is 7.19. The minimum absolute atomic E-state index is 0.0799. The highest BCUT2D eigenvalue weighted by Crippen LogP contribution is 2.46. The Morgan fingerprint density at radius 1 is 1.11 bits per heavy atom. The molecule has 1 saturated heterocycles. The van der Waals surface area contributed by atoms with Gasteiger partial charge in [0, 0.05) is 54.5 Å². The third kappa shape index (κ3) is 5.41. The van der Waals surface area contributed by atoms with E-state index in [1.807, 2.05) is 42.2 Å². The Hall–Kier alpha value is -4.44. The molecule has 4 aromatic rings. The molecule has 0 saturated carbocycles. The molecule has 2 amide bonds. The van der Waals surface area contributed by atoms with E-state index in [1.54, 1.807) is 43.3 Å². The van der Waals surface area contributed by atoms with E-state index in [1.165, 1.54) is 23.2 Å². The summed E-state index contributed by atoms with van der Waals surface area (Å²) in [7, 11) is 3.36. The average Bonchev–Trinajstić information content (AvgIpc) is 3.68. The second kappa shape index (κ2) is 10.6. The molecule has 0 atom stereocenters. The fourth-order valence-electron chi connectivity index (χ4n) is 5.77. The fourth-order valence-corrected chi connectivity index (χ4v) is 6.38. The summed E-state index contributed by atoms with van der Waals surface area (Å²) in [6.45, 7) is 6.37. The molecule has 5 heterocycles. The number of carbonyl (C=O) groups is 2. The Morgan fingerprint density at radius 2 is 1.84 bits per heavy atom. The molecule has 2 aliphatic rings. The van der Waals surface area contributed by atoms with Gasteiger partial charge in [0.2, 0.25) is 0 Å². The van der Waals surface area contributed by atoms with Gasteiger partial charge in [0.1, 0.15) is 23.7 Å². The number of aryl methyl sites for hydroxylation is 1. The van der Waals surface area contributed by atoms with E-state index < -0.39 is 29.2 Å². The molecular weight excluding hydrogens is 604 g/mol. The predicted molar refractivity (Wildman–Crippen MR) is 162 cm³/mol. The zero-order chi connectivity index (χ0) is 32.5. The number of aliphatic hydroxyl groups is 3. The molecule has 6 rings (SSSR count). The van der Waals surface area contributed by atoms with Gasteiger partial charge in [0.15, 0.2) is 5.69 Å². The van der Waals surface area contributed by atoms with Gasteiger partial charge in [-0.3, -0.25) is 14.4 Å². The van der Waals surface area contributed by atoms with Crippen molar-refractivity contribution < 1.29 is 39.1 Å². The quantitative estimate of drug-likeness (QED) is 0.268. The molecule has 1 aromatic carbocycles. The lowest BCUT2D eigenvalue weighted by Crippen LogP contribution is -2.75. The topological polar surface area (TPSA) is 165 Å². The highest BCUT2D eigenvalue weighted by molar-refractivity contribution is 7.08. The van der Waals surface area contributed by atoms with Crippen molar-refractivity contribution in [1.29, 1.82) is 0 Å². The molecule has 45 heavy (non-hydrogen) atoms. The van der Waals surface area contributed by atoms with Crippen LogP contribution in [0.5, 0.6) is 11.5 Å². The van der Waals surface area contributed by atoms with Crippen LogP contribution in [0.3, 0.4) is 0 Å². The van der Waals surface area contributed by atoms with Crippen molar-refractivity contribution in [1.82, 2.24) is 29.4 Å². The number of hydrogen-bond acceptors (Lipinski definition) is 11. The number of methoxy groups -OCH3 is 1. The van der Waals surface area contributed by atoms with Crippen LogP contribution in [0, 0.1) is 0 Å². The van der Waals surface area contributed by atoms with Crippen molar-refractivity contribution in [3.8, 4) is 39.7 Å². The average molecular weight is 639 g/mol. The molecule has 3 aromatic heterocycles. The monoisotopic (exact) mass is 638 g/mol. The summed E-state index contributed by atoms with van der Waals surface area (Å²) in [5, 5.41) is 44.4. The molecule has 2 aliphatic heterocycles. The lowest BCUT2D eigenvalue weighted by molar-refractivity contribution is -0.398. The maximum absolute atomic E-state index is 14.2. The van der Waals surface area contributed by atoms with Gasteiger partial charge >= 0.3 is 12.2 Å². The van der Waals surface area contributed by atoms with E-state index >= 15 is 0 Å². The number of ether oxygens (including phenoxy) is 3. The van der Waals surface area contributed by atoms with Gasteiger partial charge in [-0.05, 0) is 51.3 Å². The molecule has 0 bridgehead atoms. The predicted octanol–water partition coefficient (Wildman–Crippen LogP) is 2.94. The number of hydrogen-bond donors (Lipinski definition) is 3. The van der Waals surface area contributed by atoms with E-state index in [2.05, 4.69) is 10.2 Å². The molecule has 0 spiro atoms. The second-order valence-corrected chi connectivity index (χ2v) is 13.1. The summed E-state index contributed by atoms with van der Waals surface area (Å²) in [6.07, 6.45) is -2.39. The maximum atomic E-state index is 14.2. The molecular formula is C30H34N6O8S. The molecule has 15 heteroatoms. The maximum Gasteiger partial charge on any atom is 0.410 e. The highest BCUT2D eigenvalue weighted by atomic mass is 32.1. The zero-order valence-electron chi connectivity index (χ0n) is 25.6. The number of thiophene rings is 1. The largest absolute Gasteiger partial charge is 0.496 e. The summed E-state index contributed by atoms with van der Waals surface area (Å²) in [5.74, 6) is 0.0636. The molecule has 1 fully saturated rings. The summed E-state index contributed by atoms with van der Waals surface area (Å²) >= 11 is 1.44. The lowest BCUT2D eigenvalue weighted by atomic mass is 9.89. The van der Waals surface area contributed by atoms with Crippen molar-refractivity contribution in [3.63, 3.8) is 0 Å². The Balaban J connectivity index is 1.45. The summed E-state index contributed by atoms with van der Waals surface area (Å²) in [4.78, 5) is 28.7. The summed E-state index contributed by atoms with van der Waals surface area (Å²) in [6, 6.07) is 7.29. The van der Waals surface area contributed by atoms with Crippen molar-refractivity contribution in [2.45, 2.75) is 51.5 Å². The smallest absolute Gasteiger partial charge is 0.410 e. The van der Waals surface area contributed by atoms with Crippen LogP contribution in [-0.2, 0) is 18.4 Å². The van der Waals surface area contributed by atoms with Crippen molar-refractivity contribution in [3.05, 3.63) is 52.5 Å². The number of carbonyl (C=O) groups excluding carboxylic acids is 2. The first-order chi connectivity index (χ1) is 21.1. The van der Waals surface area contributed by atoms with Crippen LogP contribution in [0.15, 0.2) is 41.2 Å². The summed E-state index contributed by atoms with van der Waals surface area (Å²) < 4.78 is 20.4. The Morgan fingerprint density at radius 3 is 2.42 bits per heavy atom. The van der Waals surface area contributed by atoms with Crippen LogP contribution in [0.4, 0.5) is 4.79 Å². The van der Waals surface area contributed by atoms with Gasteiger partial charge in [0.25, 0.3) is 5.91 Å². The van der Waals surface area contributed by atoms with Gasteiger partial charge in [-0.2, -0.15) is 21.5 Å². The number of amides is 2. The van der Waals surface area contributed by atoms with E-state index in [-0.39, 0.29) is 25.4 Å². The van der Waals surface area contributed by atoms with Crippen LogP contribution in [0.25, 0.3) is 28.2 Å². The molecule has 0 unspecified atom stereocenters. The normalized spacial score (nSPS) is 15.4. The van der Waals surface area contributed by atoms with Crippen molar-refractivity contribution >= 4 is 23.3 Å². The third-order valence-electron chi connectivity index (χ3n) is 7.61. The summed E-state index contributed by atoms with van der Waals surface area (Å²) in [5.41, 5.74) is 1.25. The zero-order valence-corrected chi connectivity index (χ0v) is 26.5. The van der Waals surface area contributed by atoms with E-state index in [9.17, 15) is 24.9 Å². The van der Waals surface area contributed by atoms with Crippen LogP contribution in [0.2, 0.25) is 0 Å². The number of aromatic nitrogens is 4. The lowest BCUT2D eigenvalue weighted by Gasteiger charge is -2.54. The van der Waals surface area contributed by atoms with Gasteiger partial charge in [0.05, 0.1) is 29.7 Å². The molecule has 238 valence electrons. The van der Waals surface area contributed by atoms with Crippen LogP contribution < -0.4 is 9.47 Å².